The summed E-state index contributed by atoms with van der Waals surface area (Å²) in [4.78, 5) is 78.4. The van der Waals surface area contributed by atoms with Gasteiger partial charge in [-0.25, -0.2) is 14.4 Å². The highest BCUT2D eigenvalue weighted by molar-refractivity contribution is 5.91. The average molecular weight is 905 g/mol. The van der Waals surface area contributed by atoms with Crippen LogP contribution in [0.15, 0.2) is 77.8 Å². The van der Waals surface area contributed by atoms with Gasteiger partial charge in [-0.15, -0.1) is 0 Å². The quantitative estimate of drug-likeness (QED) is 0.0317. The van der Waals surface area contributed by atoms with Crippen LogP contribution < -0.4 is 31.9 Å². The van der Waals surface area contributed by atoms with Crippen LogP contribution in [0.4, 0.5) is 10.5 Å². The fraction of sp³-hybridized carbons (Fsp3) is 0.457. The molecule has 0 saturated carbocycles. The third-order valence-corrected chi connectivity index (χ3v) is 10.3. The second-order valence-electron chi connectivity index (χ2n) is 15.7. The van der Waals surface area contributed by atoms with Crippen molar-refractivity contribution in [2.24, 2.45) is 10.9 Å². The van der Waals surface area contributed by atoms with E-state index in [4.69, 9.17) is 5.11 Å². The van der Waals surface area contributed by atoms with E-state index in [-0.39, 0.29) is 49.0 Å². The smallest absolute Gasteiger partial charge is 0.326 e. The summed E-state index contributed by atoms with van der Waals surface area (Å²) in [5.74, 6) is -4.74. The van der Waals surface area contributed by atoms with E-state index in [0.717, 1.165) is 43.0 Å². The Bertz CT molecular complexity index is 2020. The second kappa shape index (κ2) is 29.0. The van der Waals surface area contributed by atoms with Crippen LogP contribution in [-0.4, -0.2) is 136 Å². The molecule has 0 aliphatic rings. The summed E-state index contributed by atoms with van der Waals surface area (Å²) in [6.45, 7) is 8.99. The van der Waals surface area contributed by atoms with Crippen LogP contribution in [0.5, 0.6) is 11.5 Å². The number of urea groups is 1. The van der Waals surface area contributed by atoms with Gasteiger partial charge in [0, 0.05) is 94.1 Å². The zero-order valence-electron chi connectivity index (χ0n) is 37.0. The number of nitrogens with zero attached hydrogens (tertiary/aromatic N) is 2. The second-order valence-corrected chi connectivity index (χ2v) is 15.7. The van der Waals surface area contributed by atoms with Gasteiger partial charge in [0.1, 0.15) is 23.6 Å². The largest absolute Gasteiger partial charge is 0.508 e. The van der Waals surface area contributed by atoms with E-state index >= 15 is 0 Å². The molecule has 65 heavy (non-hydrogen) atoms. The number of aliphatic carboxylic acids is 3. The Morgan fingerprint density at radius 1 is 0.708 bits per heavy atom. The molecule has 19 nitrogen and oxygen atoms in total. The molecule has 354 valence electrons. The van der Waals surface area contributed by atoms with E-state index in [1.54, 1.807) is 44.3 Å². The fourth-order valence-electron chi connectivity index (χ4n) is 6.53. The molecule has 4 atom stereocenters. The third kappa shape index (κ3) is 21.1. The average Bonchev–Trinajstić information content (AvgIpc) is 3.26. The van der Waals surface area contributed by atoms with Crippen LogP contribution in [0, 0.1) is 5.92 Å². The highest BCUT2D eigenvalue weighted by atomic mass is 16.4. The minimum absolute atomic E-state index is 0.0111. The van der Waals surface area contributed by atoms with E-state index in [1.807, 2.05) is 48.5 Å². The van der Waals surface area contributed by atoms with Gasteiger partial charge in [-0.1, -0.05) is 49.4 Å². The normalized spacial score (nSPS) is 13.1. The number of nitrogens with one attached hydrogen (secondary N) is 6. The van der Waals surface area contributed by atoms with Gasteiger partial charge in [-0.05, 0) is 68.5 Å². The third-order valence-electron chi connectivity index (χ3n) is 10.3. The number of unbranched alkanes of at least 4 members (excludes halogenated alkanes) is 1. The molecular formula is C46H64N8O11. The highest BCUT2D eigenvalue weighted by Crippen LogP contribution is 2.20. The van der Waals surface area contributed by atoms with Crippen LogP contribution in [0.25, 0.3) is 0 Å². The molecule has 0 aromatic heterocycles. The lowest BCUT2D eigenvalue weighted by molar-refractivity contribution is -0.141. The summed E-state index contributed by atoms with van der Waals surface area (Å²) in [5.41, 5.74) is 3.29. The molecular weight excluding hydrogens is 841 g/mol. The van der Waals surface area contributed by atoms with Crippen LogP contribution in [0.3, 0.4) is 0 Å². The number of carboxylic acids is 3. The number of hydrogen-bond acceptors (Lipinski definition) is 13. The number of anilines is 1. The number of hydrogen-bond donors (Lipinski definition) is 11. The molecule has 19 heteroatoms. The van der Waals surface area contributed by atoms with Crippen LogP contribution in [0.1, 0.15) is 69.1 Å². The van der Waals surface area contributed by atoms with Crippen LogP contribution >= 0.6 is 0 Å². The minimum atomic E-state index is -1.51. The summed E-state index contributed by atoms with van der Waals surface area (Å²) >= 11 is 0. The number of phenolic OH excluding ortho intramolecular Hbond substituents is 2. The molecule has 3 amide bonds. The maximum absolute atomic E-state index is 13.1. The first kappa shape index (κ1) is 52.8. The van der Waals surface area contributed by atoms with Gasteiger partial charge in [0.15, 0.2) is 5.78 Å². The van der Waals surface area contributed by atoms with Crippen molar-refractivity contribution in [1.29, 1.82) is 0 Å². The lowest BCUT2D eigenvalue weighted by atomic mass is 9.99. The van der Waals surface area contributed by atoms with Crippen molar-refractivity contribution in [3.63, 3.8) is 0 Å². The van der Waals surface area contributed by atoms with E-state index in [2.05, 4.69) is 41.8 Å². The van der Waals surface area contributed by atoms with Gasteiger partial charge >= 0.3 is 23.9 Å². The van der Waals surface area contributed by atoms with Crippen molar-refractivity contribution in [2.75, 3.05) is 51.1 Å². The number of Topliss-reactive ketones (excluding diaryl/α,β-unsaturated/α-hetero) is 1. The predicted molar refractivity (Wildman–Crippen MR) is 245 cm³/mol. The van der Waals surface area contributed by atoms with Crippen molar-refractivity contribution in [2.45, 2.75) is 83.6 Å². The lowest BCUT2D eigenvalue weighted by Crippen LogP contribution is -2.51. The molecule has 3 aromatic rings. The molecule has 4 unspecified atom stereocenters. The molecule has 3 aromatic carbocycles. The highest BCUT2D eigenvalue weighted by Gasteiger charge is 2.25. The minimum Gasteiger partial charge on any atom is -0.508 e. The number of benzene rings is 3. The van der Waals surface area contributed by atoms with E-state index < -0.39 is 54.4 Å². The predicted octanol–water partition coefficient (Wildman–Crippen LogP) is 3.15. The van der Waals surface area contributed by atoms with Gasteiger partial charge in [-0.2, -0.15) is 0 Å². The number of amides is 3. The summed E-state index contributed by atoms with van der Waals surface area (Å²) in [7, 11) is 0. The number of carbonyl (C=O) groups excluding carboxylic acids is 3. The Morgan fingerprint density at radius 2 is 1.34 bits per heavy atom. The summed E-state index contributed by atoms with van der Waals surface area (Å²) in [6, 6.07) is 17.6. The Labute approximate surface area is 379 Å². The maximum Gasteiger partial charge on any atom is 0.326 e. The van der Waals surface area contributed by atoms with Gasteiger partial charge in [0.2, 0.25) is 5.91 Å². The zero-order chi connectivity index (χ0) is 47.6. The number of phenols is 2. The van der Waals surface area contributed by atoms with Crippen molar-refractivity contribution in [3.8, 4) is 11.5 Å². The molecule has 0 saturated heterocycles. The monoisotopic (exact) mass is 904 g/mol. The Morgan fingerprint density at radius 3 is 1.98 bits per heavy atom. The molecule has 3 rings (SSSR count). The van der Waals surface area contributed by atoms with Gasteiger partial charge in [0.05, 0.1) is 12.6 Å². The number of rotatable bonds is 32. The lowest BCUT2D eigenvalue weighted by Gasteiger charge is -2.24. The van der Waals surface area contributed by atoms with E-state index in [9.17, 15) is 49.2 Å². The first-order chi connectivity index (χ1) is 31.1. The van der Waals surface area contributed by atoms with Gasteiger partial charge < -0.3 is 57.4 Å². The number of carbonyl (C=O) groups is 6. The number of aromatic hydroxyl groups is 2. The van der Waals surface area contributed by atoms with Crippen LogP contribution in [0.2, 0.25) is 0 Å². The number of ketones is 1. The molecule has 0 aliphatic heterocycles. The van der Waals surface area contributed by atoms with Crippen molar-refractivity contribution in [3.05, 3.63) is 89.5 Å². The number of aliphatic imine (C=N–C) groups is 1. The SMILES string of the molecule is CC(CC(=O)C(C)Nc1ccc(CN(CCNCCNCCN=Cc2ccccc2O)Cc2ccccc2O)cc1)C(=O)NCCCCC(NC(=O)NC(CCC(=O)O)C(=O)O)C(=O)O. The standard InChI is InChI=1S/C46H64N8O11/c1-31(43(60)50-20-8-7-11-37(44(61)62)52-46(65)53-38(45(63)64)18-19-42(58)59)27-41(57)32(2)51-36-16-14-33(15-17-36)29-54(30-35-10-4-6-13-40(35)56)26-25-48-22-21-47-23-24-49-28-34-9-3-5-12-39(34)55/h3-6,9-10,12-17,28,31-32,37-38,47-48,51,55-56H,7-8,11,18-27,29-30H2,1-2H3,(H,50,60)(H,58,59)(H,61,62)(H,63,64)(H2,52,53,65). The van der Waals surface area contributed by atoms with E-state index in [1.165, 1.54) is 0 Å². The Balaban J connectivity index is 1.38. The van der Waals surface area contributed by atoms with Crippen LogP contribution in [-0.2, 0) is 37.1 Å². The number of para-hydroxylation sites is 2. The maximum atomic E-state index is 13.1. The molecule has 0 fully saturated rings. The summed E-state index contributed by atoms with van der Waals surface area (Å²) < 4.78 is 0. The first-order valence-corrected chi connectivity index (χ1v) is 21.7. The molecule has 0 aliphatic carbocycles. The molecule has 11 N–H and O–H groups in total. The van der Waals surface area contributed by atoms with Crippen molar-refractivity contribution >= 4 is 47.5 Å². The summed E-state index contributed by atoms with van der Waals surface area (Å²) in [6.07, 6.45) is 1.42. The van der Waals surface area contributed by atoms with Gasteiger partial charge in [-0.3, -0.25) is 24.3 Å². The fourth-order valence-corrected chi connectivity index (χ4v) is 6.53. The Hall–Kier alpha value is -6.57. The zero-order valence-corrected chi connectivity index (χ0v) is 37.0. The Kier molecular flexibility index (Phi) is 23.5. The molecule has 0 heterocycles. The molecule has 0 radical (unpaired) electrons. The number of carboxylic acid groups (broad SMARTS) is 3. The summed E-state index contributed by atoms with van der Waals surface area (Å²) in [5, 5.41) is 64.9. The topological polar surface area (TPSA) is 291 Å². The van der Waals surface area contributed by atoms with E-state index in [0.29, 0.717) is 44.6 Å². The molecule has 0 bridgehead atoms. The first-order valence-electron chi connectivity index (χ1n) is 21.7. The van der Waals surface area contributed by atoms with Gasteiger partial charge in [0.25, 0.3) is 0 Å². The van der Waals surface area contributed by atoms with Crippen molar-refractivity contribution < 1.29 is 54.3 Å². The van der Waals surface area contributed by atoms with Crippen molar-refractivity contribution in [1.82, 2.24) is 31.5 Å². The molecule has 0 spiro atoms.